The van der Waals surface area contributed by atoms with Crippen molar-refractivity contribution in [2.24, 2.45) is 0 Å². The molecule has 6 heteroatoms. The maximum Gasteiger partial charge on any atom is 0.453 e. The van der Waals surface area contributed by atoms with E-state index in [0.717, 1.165) is 0 Å². The van der Waals surface area contributed by atoms with Crippen molar-refractivity contribution in [2.75, 3.05) is 7.11 Å². The van der Waals surface area contributed by atoms with Crippen molar-refractivity contribution in [3.63, 3.8) is 0 Å². The molecule has 0 radical (unpaired) electrons. The van der Waals surface area contributed by atoms with Gasteiger partial charge in [0.1, 0.15) is 5.75 Å². The van der Waals surface area contributed by atoms with E-state index in [9.17, 15) is 22.0 Å². The Labute approximate surface area is 88.8 Å². The summed E-state index contributed by atoms with van der Waals surface area (Å²) in [5, 5.41) is 0. The van der Waals surface area contributed by atoms with Gasteiger partial charge in [0.2, 0.25) is 0 Å². The molecule has 0 heterocycles. The number of hydrogen-bond donors (Lipinski definition) is 0. The SMILES string of the molecule is COc1ccc(CC(F)(F)C(F)(F)F)cc1. The molecule has 1 aromatic rings. The van der Waals surface area contributed by atoms with Crippen molar-refractivity contribution >= 4 is 0 Å². The van der Waals surface area contributed by atoms with Crippen LogP contribution < -0.4 is 4.74 Å². The molecule has 0 saturated carbocycles. The molecular weight excluding hydrogens is 231 g/mol. The summed E-state index contributed by atoms with van der Waals surface area (Å²) in [5.74, 6) is -4.30. The van der Waals surface area contributed by atoms with Gasteiger partial charge in [-0.15, -0.1) is 0 Å². The van der Waals surface area contributed by atoms with Gasteiger partial charge in [0.15, 0.2) is 0 Å². The zero-order valence-corrected chi connectivity index (χ0v) is 8.31. The van der Waals surface area contributed by atoms with Crippen LogP contribution in [0.25, 0.3) is 0 Å². The van der Waals surface area contributed by atoms with E-state index in [4.69, 9.17) is 4.74 Å². The summed E-state index contributed by atoms with van der Waals surface area (Å²) in [5.41, 5.74) is -0.0943. The van der Waals surface area contributed by atoms with Gasteiger partial charge in [-0.2, -0.15) is 22.0 Å². The van der Waals surface area contributed by atoms with E-state index in [2.05, 4.69) is 0 Å². The first-order valence-electron chi connectivity index (χ1n) is 4.34. The topological polar surface area (TPSA) is 9.23 Å². The maximum atomic E-state index is 12.6. The van der Waals surface area contributed by atoms with Crippen molar-refractivity contribution in [1.82, 2.24) is 0 Å². The average molecular weight is 240 g/mol. The molecule has 0 spiro atoms. The molecule has 0 aromatic heterocycles. The molecule has 0 unspecified atom stereocenters. The first kappa shape index (κ1) is 12.7. The number of alkyl halides is 5. The minimum Gasteiger partial charge on any atom is -0.497 e. The van der Waals surface area contributed by atoms with E-state index in [1.165, 1.54) is 31.4 Å². The second-order valence-electron chi connectivity index (χ2n) is 3.23. The second kappa shape index (κ2) is 4.27. The molecule has 0 aliphatic heterocycles. The molecule has 0 saturated heterocycles. The monoisotopic (exact) mass is 240 g/mol. The van der Waals surface area contributed by atoms with Crippen molar-refractivity contribution in [1.29, 1.82) is 0 Å². The normalized spacial score (nSPS) is 12.6. The standard InChI is InChI=1S/C10H9F5O/c1-16-8-4-2-7(3-5-8)6-9(11,12)10(13,14)15/h2-5H,6H2,1H3. The zero-order chi connectivity index (χ0) is 12.4. The zero-order valence-electron chi connectivity index (χ0n) is 8.31. The maximum absolute atomic E-state index is 12.6. The molecule has 1 rings (SSSR count). The third-order valence-electron chi connectivity index (χ3n) is 2.00. The van der Waals surface area contributed by atoms with Crippen LogP contribution in [0.2, 0.25) is 0 Å². The van der Waals surface area contributed by atoms with Gasteiger partial charge in [-0.1, -0.05) is 12.1 Å². The summed E-state index contributed by atoms with van der Waals surface area (Å²) in [6, 6.07) is 5.03. The van der Waals surface area contributed by atoms with Crippen molar-refractivity contribution in [3.05, 3.63) is 29.8 Å². The largest absolute Gasteiger partial charge is 0.497 e. The Morgan fingerprint density at radius 2 is 1.50 bits per heavy atom. The van der Waals surface area contributed by atoms with Gasteiger partial charge >= 0.3 is 12.1 Å². The van der Waals surface area contributed by atoms with Crippen LogP contribution >= 0.6 is 0 Å². The number of methoxy groups -OCH3 is 1. The third kappa shape index (κ3) is 2.84. The average Bonchev–Trinajstić information content (AvgIpc) is 2.16. The number of hydrogen-bond acceptors (Lipinski definition) is 1. The summed E-state index contributed by atoms with van der Waals surface area (Å²) in [6.45, 7) is 0. The second-order valence-corrected chi connectivity index (χ2v) is 3.23. The molecule has 16 heavy (non-hydrogen) atoms. The van der Waals surface area contributed by atoms with Crippen LogP contribution in [0.4, 0.5) is 22.0 Å². The van der Waals surface area contributed by atoms with E-state index >= 15 is 0 Å². The van der Waals surface area contributed by atoms with Gasteiger partial charge in [-0.3, -0.25) is 0 Å². The molecule has 0 N–H and O–H groups in total. The highest BCUT2D eigenvalue weighted by molar-refractivity contribution is 5.28. The van der Waals surface area contributed by atoms with Crippen LogP contribution in [0, 0.1) is 0 Å². The van der Waals surface area contributed by atoms with Crippen LogP contribution in [-0.2, 0) is 6.42 Å². The number of halogens is 5. The first-order valence-corrected chi connectivity index (χ1v) is 4.34. The molecular formula is C10H9F5O. The van der Waals surface area contributed by atoms with Crippen LogP contribution in [0.1, 0.15) is 5.56 Å². The Kier molecular flexibility index (Phi) is 3.40. The van der Waals surface area contributed by atoms with Gasteiger partial charge in [0.05, 0.1) is 7.11 Å². The molecule has 1 nitrogen and oxygen atoms in total. The molecule has 0 amide bonds. The fourth-order valence-electron chi connectivity index (χ4n) is 1.10. The Morgan fingerprint density at radius 3 is 1.88 bits per heavy atom. The van der Waals surface area contributed by atoms with E-state index in [1.807, 2.05) is 0 Å². The molecule has 0 aliphatic rings. The Balaban J connectivity index is 2.80. The Morgan fingerprint density at radius 1 is 1.00 bits per heavy atom. The van der Waals surface area contributed by atoms with Gasteiger partial charge in [0, 0.05) is 6.42 Å². The molecule has 1 aromatic carbocycles. The minimum absolute atomic E-state index is 0.0943. The highest BCUT2D eigenvalue weighted by Gasteiger charge is 2.56. The summed E-state index contributed by atoms with van der Waals surface area (Å²) in [4.78, 5) is 0. The summed E-state index contributed by atoms with van der Waals surface area (Å²) >= 11 is 0. The molecule has 0 fully saturated rings. The summed E-state index contributed by atoms with van der Waals surface area (Å²) in [6.07, 6.45) is -6.88. The molecule has 0 aliphatic carbocycles. The fourth-order valence-corrected chi connectivity index (χ4v) is 1.10. The number of benzene rings is 1. The summed E-state index contributed by atoms with van der Waals surface area (Å²) < 4.78 is 65.7. The number of rotatable bonds is 3. The van der Waals surface area contributed by atoms with Crippen LogP contribution in [0.5, 0.6) is 5.75 Å². The lowest BCUT2D eigenvalue weighted by molar-refractivity contribution is -0.281. The Bertz CT molecular complexity index is 341. The molecule has 0 bridgehead atoms. The van der Waals surface area contributed by atoms with Crippen LogP contribution in [-0.4, -0.2) is 19.2 Å². The van der Waals surface area contributed by atoms with Gasteiger partial charge in [-0.25, -0.2) is 0 Å². The smallest absolute Gasteiger partial charge is 0.453 e. The summed E-state index contributed by atoms with van der Waals surface area (Å²) in [7, 11) is 1.37. The minimum atomic E-state index is -5.52. The Hall–Kier alpha value is -1.33. The quantitative estimate of drug-likeness (QED) is 0.735. The first-order chi connectivity index (χ1) is 7.26. The number of ether oxygens (including phenoxy) is 1. The van der Waals surface area contributed by atoms with E-state index in [-0.39, 0.29) is 5.56 Å². The fraction of sp³-hybridized carbons (Fsp3) is 0.400. The predicted molar refractivity (Wildman–Crippen MR) is 47.7 cm³/mol. The van der Waals surface area contributed by atoms with E-state index < -0.39 is 18.5 Å². The van der Waals surface area contributed by atoms with Gasteiger partial charge in [0.25, 0.3) is 0 Å². The van der Waals surface area contributed by atoms with Gasteiger partial charge in [-0.05, 0) is 17.7 Å². The van der Waals surface area contributed by atoms with Crippen LogP contribution in [0.3, 0.4) is 0 Å². The van der Waals surface area contributed by atoms with Gasteiger partial charge < -0.3 is 4.74 Å². The van der Waals surface area contributed by atoms with Crippen molar-refractivity contribution in [3.8, 4) is 5.75 Å². The molecule has 0 atom stereocenters. The van der Waals surface area contributed by atoms with Crippen molar-refractivity contribution in [2.45, 2.75) is 18.5 Å². The van der Waals surface area contributed by atoms with E-state index in [1.54, 1.807) is 0 Å². The third-order valence-corrected chi connectivity index (χ3v) is 2.00. The lowest BCUT2D eigenvalue weighted by Gasteiger charge is -2.19. The lowest BCUT2D eigenvalue weighted by atomic mass is 10.1. The van der Waals surface area contributed by atoms with Crippen LogP contribution in [0.15, 0.2) is 24.3 Å². The van der Waals surface area contributed by atoms with E-state index in [0.29, 0.717) is 5.75 Å². The lowest BCUT2D eigenvalue weighted by Crippen LogP contribution is -2.38. The molecule has 90 valence electrons. The highest BCUT2D eigenvalue weighted by atomic mass is 19.4. The predicted octanol–water partition coefficient (Wildman–Crippen LogP) is 3.44. The van der Waals surface area contributed by atoms with Crippen molar-refractivity contribution < 1.29 is 26.7 Å². The highest BCUT2D eigenvalue weighted by Crippen LogP contribution is 2.38.